The smallest absolute Gasteiger partial charge is 0.137 e. The fourth-order valence-corrected chi connectivity index (χ4v) is 7.92. The van der Waals surface area contributed by atoms with Gasteiger partial charge in [-0.1, -0.05) is 112 Å². The molecule has 55 heavy (non-hydrogen) atoms. The molecule has 268 valence electrons. The van der Waals surface area contributed by atoms with Crippen LogP contribution in [0.5, 0.6) is 11.5 Å². The van der Waals surface area contributed by atoms with Gasteiger partial charge in [0.1, 0.15) is 17.3 Å². The quantitative estimate of drug-likeness (QED) is 0.165. The third-order valence-corrected chi connectivity index (χ3v) is 10.5. The molecule has 0 saturated heterocycles. The van der Waals surface area contributed by atoms with Crippen molar-refractivity contribution in [2.24, 2.45) is 0 Å². The summed E-state index contributed by atoms with van der Waals surface area (Å²) in [7, 11) is 0. The van der Waals surface area contributed by atoms with Crippen LogP contribution in [-0.4, -0.2) is 19.3 Å². The highest BCUT2D eigenvalue weighted by Gasteiger charge is 2.21. The number of hydrogen-bond donors (Lipinski definition) is 0. The Morgan fingerprint density at radius 2 is 1.20 bits per heavy atom. The molecule has 0 fully saturated rings. The van der Waals surface area contributed by atoms with Gasteiger partial charge in [-0.2, -0.15) is 5.10 Å². The van der Waals surface area contributed by atoms with E-state index in [-0.39, 0.29) is 5.41 Å². The van der Waals surface area contributed by atoms with Crippen LogP contribution in [0.1, 0.15) is 37.5 Å². The molecule has 9 rings (SSSR count). The van der Waals surface area contributed by atoms with Crippen molar-refractivity contribution in [3.05, 3.63) is 181 Å². The third-order valence-electron chi connectivity index (χ3n) is 10.5. The molecular formula is C50H42N4O. The molecule has 0 aliphatic heterocycles. The molecule has 0 amide bonds. The van der Waals surface area contributed by atoms with Crippen molar-refractivity contribution in [1.82, 2.24) is 19.3 Å². The minimum Gasteiger partial charge on any atom is -0.457 e. The topological polar surface area (TPSA) is 44.9 Å². The second kappa shape index (κ2) is 13.6. The summed E-state index contributed by atoms with van der Waals surface area (Å²) in [5.74, 6) is 2.37. The lowest BCUT2D eigenvalue weighted by molar-refractivity contribution is 0.483. The van der Waals surface area contributed by atoms with Gasteiger partial charge in [0.2, 0.25) is 0 Å². The van der Waals surface area contributed by atoms with Crippen LogP contribution in [0, 0.1) is 13.8 Å². The predicted octanol–water partition coefficient (Wildman–Crippen LogP) is 13.1. The molecule has 3 aromatic heterocycles. The number of hydrogen-bond acceptors (Lipinski definition) is 3. The van der Waals surface area contributed by atoms with E-state index < -0.39 is 0 Å². The van der Waals surface area contributed by atoms with E-state index in [2.05, 4.69) is 167 Å². The number of benzene rings is 6. The van der Waals surface area contributed by atoms with Gasteiger partial charge in [-0.15, -0.1) is 0 Å². The second-order valence-corrected chi connectivity index (χ2v) is 15.3. The van der Waals surface area contributed by atoms with Gasteiger partial charge in [-0.3, -0.25) is 4.57 Å². The molecule has 0 radical (unpaired) electrons. The first-order valence-electron chi connectivity index (χ1n) is 18.8. The standard InChI is InChI=1S/C50H42N4O/c1-33-27-34(2)48(36-17-10-7-11-18-36)49(47(33)35-15-8-6-9-16-35)37-31-52-53(32-37)39-19-14-20-40(29-39)55-41-23-24-43-42-21-12-13-22-44(42)54(45(43)30-41)46-28-38(25-26-51-46)50(3,4)5/h6-32H,1-5H3. The second-order valence-electron chi connectivity index (χ2n) is 15.3. The van der Waals surface area contributed by atoms with E-state index >= 15 is 0 Å². The largest absolute Gasteiger partial charge is 0.457 e. The summed E-state index contributed by atoms with van der Waals surface area (Å²) < 4.78 is 10.8. The van der Waals surface area contributed by atoms with Crippen molar-refractivity contribution in [2.75, 3.05) is 0 Å². The van der Waals surface area contributed by atoms with Gasteiger partial charge in [0.05, 0.1) is 22.9 Å². The fourth-order valence-electron chi connectivity index (χ4n) is 7.92. The van der Waals surface area contributed by atoms with Crippen LogP contribution in [0.4, 0.5) is 0 Å². The minimum absolute atomic E-state index is 0.00156. The number of ether oxygens (including phenoxy) is 1. The maximum absolute atomic E-state index is 6.62. The Balaban J connectivity index is 1.11. The van der Waals surface area contributed by atoms with Crippen molar-refractivity contribution < 1.29 is 4.74 Å². The number of pyridine rings is 1. The number of rotatable bonds is 7. The van der Waals surface area contributed by atoms with Crippen molar-refractivity contribution in [1.29, 1.82) is 0 Å². The number of aryl methyl sites for hydroxylation is 2. The average Bonchev–Trinajstić information content (AvgIpc) is 3.82. The molecule has 9 aromatic rings. The molecule has 5 heteroatoms. The first-order valence-corrected chi connectivity index (χ1v) is 18.8. The van der Waals surface area contributed by atoms with Crippen LogP contribution >= 0.6 is 0 Å². The summed E-state index contributed by atoms with van der Waals surface area (Å²) in [6, 6.07) is 50.9. The van der Waals surface area contributed by atoms with E-state index in [1.165, 1.54) is 49.9 Å². The zero-order chi connectivity index (χ0) is 37.7. The summed E-state index contributed by atoms with van der Waals surface area (Å²) in [5.41, 5.74) is 13.8. The van der Waals surface area contributed by atoms with Gasteiger partial charge < -0.3 is 4.74 Å². The summed E-state index contributed by atoms with van der Waals surface area (Å²) in [6.07, 6.45) is 6.03. The molecule has 0 aliphatic carbocycles. The Kier molecular flexibility index (Phi) is 8.43. The zero-order valence-corrected chi connectivity index (χ0v) is 31.8. The van der Waals surface area contributed by atoms with E-state index in [4.69, 9.17) is 14.8 Å². The summed E-state index contributed by atoms with van der Waals surface area (Å²) in [6.45, 7) is 11.1. The number of aromatic nitrogens is 4. The Bertz CT molecular complexity index is 2780. The molecule has 3 heterocycles. The van der Waals surface area contributed by atoms with E-state index in [1.54, 1.807) is 0 Å². The van der Waals surface area contributed by atoms with E-state index in [9.17, 15) is 0 Å². The first kappa shape index (κ1) is 34.1. The minimum atomic E-state index is -0.00156. The highest BCUT2D eigenvalue weighted by atomic mass is 16.5. The lowest BCUT2D eigenvalue weighted by Gasteiger charge is -2.20. The van der Waals surface area contributed by atoms with E-state index in [1.807, 2.05) is 41.3 Å². The number of para-hydroxylation sites is 1. The van der Waals surface area contributed by atoms with Gasteiger partial charge in [0.15, 0.2) is 0 Å². The van der Waals surface area contributed by atoms with E-state index in [0.29, 0.717) is 0 Å². The summed E-state index contributed by atoms with van der Waals surface area (Å²) in [4.78, 5) is 4.85. The fraction of sp³-hybridized carbons (Fsp3) is 0.120. The predicted molar refractivity (Wildman–Crippen MR) is 227 cm³/mol. The molecule has 0 unspecified atom stereocenters. The molecule has 0 saturated carbocycles. The van der Waals surface area contributed by atoms with Crippen LogP contribution in [0.2, 0.25) is 0 Å². The monoisotopic (exact) mass is 714 g/mol. The van der Waals surface area contributed by atoms with Gasteiger partial charge in [0.25, 0.3) is 0 Å². The van der Waals surface area contributed by atoms with Gasteiger partial charge in [-0.05, 0) is 101 Å². The maximum atomic E-state index is 6.62. The highest BCUT2D eigenvalue weighted by molar-refractivity contribution is 6.09. The lowest BCUT2D eigenvalue weighted by Crippen LogP contribution is -2.12. The van der Waals surface area contributed by atoms with E-state index in [0.717, 1.165) is 45.0 Å². The van der Waals surface area contributed by atoms with Crippen LogP contribution in [0.15, 0.2) is 164 Å². The Morgan fingerprint density at radius 1 is 0.545 bits per heavy atom. The number of fused-ring (bicyclic) bond motifs is 3. The molecular weight excluding hydrogens is 673 g/mol. The van der Waals surface area contributed by atoms with Gasteiger partial charge in [0, 0.05) is 46.4 Å². The highest BCUT2D eigenvalue weighted by Crippen LogP contribution is 2.44. The SMILES string of the molecule is Cc1cc(C)c(-c2ccccc2)c(-c2cnn(-c3cccc(Oc4ccc5c6ccccc6n(-c6cc(C(C)(C)C)ccn6)c5c4)c3)c2)c1-c1ccccc1. The number of nitrogens with zero attached hydrogens (tertiary/aromatic N) is 4. The molecule has 0 bridgehead atoms. The van der Waals surface area contributed by atoms with Crippen LogP contribution in [0.3, 0.4) is 0 Å². The molecule has 6 aromatic carbocycles. The van der Waals surface area contributed by atoms with Crippen molar-refractivity contribution in [3.63, 3.8) is 0 Å². The Labute approximate surface area is 322 Å². The molecule has 5 nitrogen and oxygen atoms in total. The van der Waals surface area contributed by atoms with Crippen molar-refractivity contribution in [2.45, 2.75) is 40.0 Å². The van der Waals surface area contributed by atoms with Crippen molar-refractivity contribution >= 4 is 21.8 Å². The zero-order valence-electron chi connectivity index (χ0n) is 31.8. The van der Waals surface area contributed by atoms with Crippen LogP contribution in [-0.2, 0) is 5.41 Å². The maximum Gasteiger partial charge on any atom is 0.137 e. The molecule has 0 aliphatic rings. The van der Waals surface area contributed by atoms with Gasteiger partial charge >= 0.3 is 0 Å². The Morgan fingerprint density at radius 3 is 1.91 bits per heavy atom. The normalized spacial score (nSPS) is 11.7. The molecule has 0 N–H and O–H groups in total. The lowest BCUT2D eigenvalue weighted by atomic mass is 9.83. The van der Waals surface area contributed by atoms with Gasteiger partial charge in [-0.25, -0.2) is 9.67 Å². The summed E-state index contributed by atoms with van der Waals surface area (Å²) in [5, 5.41) is 7.26. The molecule has 0 spiro atoms. The van der Waals surface area contributed by atoms with Crippen LogP contribution in [0.25, 0.3) is 66.7 Å². The molecule has 0 atom stereocenters. The summed E-state index contributed by atoms with van der Waals surface area (Å²) >= 11 is 0. The first-order chi connectivity index (χ1) is 26.7. The van der Waals surface area contributed by atoms with Crippen molar-refractivity contribution in [3.8, 4) is 56.4 Å². The third kappa shape index (κ3) is 6.28. The Hall–Kier alpha value is -6.72. The van der Waals surface area contributed by atoms with Crippen LogP contribution < -0.4 is 4.74 Å². The average molecular weight is 715 g/mol.